The van der Waals surface area contributed by atoms with E-state index in [1.54, 1.807) is 6.92 Å². The molecule has 0 aromatic carbocycles. The number of nitrogens with zero attached hydrogens (tertiary/aromatic N) is 4. The van der Waals surface area contributed by atoms with E-state index in [-0.39, 0.29) is 5.91 Å². The van der Waals surface area contributed by atoms with Gasteiger partial charge in [0.05, 0.1) is 0 Å². The van der Waals surface area contributed by atoms with Crippen molar-refractivity contribution in [1.82, 2.24) is 20.0 Å². The molecule has 0 saturated carbocycles. The SMILES string of the molecule is CCNC(=NCC1CCN(C(C)=O)CC1)N1CCN(C(C)C(F)(F)F)CC1. The third-order valence-corrected chi connectivity index (χ3v) is 5.53. The van der Waals surface area contributed by atoms with Crippen LogP contribution in [0.15, 0.2) is 4.99 Å². The lowest BCUT2D eigenvalue weighted by atomic mass is 9.97. The quantitative estimate of drug-likeness (QED) is 0.586. The van der Waals surface area contributed by atoms with Crippen LogP contribution in [0.5, 0.6) is 0 Å². The lowest BCUT2D eigenvalue weighted by Crippen LogP contribution is -2.56. The summed E-state index contributed by atoms with van der Waals surface area (Å²) < 4.78 is 38.7. The summed E-state index contributed by atoms with van der Waals surface area (Å²) in [5.74, 6) is 1.35. The molecule has 9 heteroatoms. The van der Waals surface area contributed by atoms with Crippen molar-refractivity contribution in [3.05, 3.63) is 0 Å². The number of likely N-dealkylation sites (tertiary alicyclic amines) is 1. The van der Waals surface area contributed by atoms with Crippen molar-refractivity contribution in [2.45, 2.75) is 45.8 Å². The summed E-state index contributed by atoms with van der Waals surface area (Å²) in [6.45, 7) is 9.61. The summed E-state index contributed by atoms with van der Waals surface area (Å²) in [4.78, 5) is 21.5. The molecule has 0 aromatic heterocycles. The van der Waals surface area contributed by atoms with Crippen LogP contribution < -0.4 is 5.32 Å². The summed E-state index contributed by atoms with van der Waals surface area (Å²) in [5.41, 5.74) is 0. The Morgan fingerprint density at radius 2 is 1.70 bits per heavy atom. The first-order chi connectivity index (χ1) is 12.7. The highest BCUT2D eigenvalue weighted by atomic mass is 19.4. The minimum Gasteiger partial charge on any atom is -0.357 e. The van der Waals surface area contributed by atoms with Gasteiger partial charge in [-0.05, 0) is 32.6 Å². The second kappa shape index (κ2) is 9.61. The first kappa shape index (κ1) is 21.8. The third-order valence-electron chi connectivity index (χ3n) is 5.53. The third kappa shape index (κ3) is 6.26. The molecule has 1 amide bonds. The maximum absolute atomic E-state index is 12.9. The Kier molecular flexibility index (Phi) is 7.76. The fourth-order valence-corrected chi connectivity index (χ4v) is 3.60. The first-order valence-electron chi connectivity index (χ1n) is 9.82. The van der Waals surface area contributed by atoms with Gasteiger partial charge < -0.3 is 15.1 Å². The normalized spacial score (nSPS) is 22.1. The molecule has 2 fully saturated rings. The van der Waals surface area contributed by atoms with E-state index in [2.05, 4.69) is 5.32 Å². The first-order valence-corrected chi connectivity index (χ1v) is 9.82. The number of rotatable bonds is 4. The zero-order chi connectivity index (χ0) is 20.0. The van der Waals surface area contributed by atoms with Crippen molar-refractivity contribution in [1.29, 1.82) is 0 Å². The van der Waals surface area contributed by atoms with Crippen molar-refractivity contribution >= 4 is 11.9 Å². The smallest absolute Gasteiger partial charge is 0.357 e. The van der Waals surface area contributed by atoms with Crippen LogP contribution in [0.2, 0.25) is 0 Å². The van der Waals surface area contributed by atoms with E-state index in [0.717, 1.165) is 38.4 Å². The summed E-state index contributed by atoms with van der Waals surface area (Å²) in [6, 6.07) is -1.41. The fraction of sp³-hybridized carbons (Fsp3) is 0.889. The number of carbonyl (C=O) groups excluding carboxylic acids is 1. The molecule has 0 aromatic rings. The number of piperazine rings is 1. The van der Waals surface area contributed by atoms with Gasteiger partial charge in [0.15, 0.2) is 5.96 Å². The van der Waals surface area contributed by atoms with Crippen LogP contribution in [0.1, 0.15) is 33.6 Å². The summed E-state index contributed by atoms with van der Waals surface area (Å²) in [5, 5.41) is 3.26. The molecule has 2 rings (SSSR count). The molecule has 2 aliphatic rings. The highest BCUT2D eigenvalue weighted by molar-refractivity contribution is 5.80. The zero-order valence-electron chi connectivity index (χ0n) is 16.6. The van der Waals surface area contributed by atoms with Crippen LogP contribution >= 0.6 is 0 Å². The molecular weight excluding hydrogens is 359 g/mol. The topological polar surface area (TPSA) is 51.2 Å². The number of halogens is 3. The molecule has 0 bridgehead atoms. The van der Waals surface area contributed by atoms with Crippen LogP contribution in [0, 0.1) is 5.92 Å². The van der Waals surface area contributed by atoms with E-state index < -0.39 is 12.2 Å². The molecule has 2 heterocycles. The van der Waals surface area contributed by atoms with Crippen LogP contribution in [0.25, 0.3) is 0 Å². The molecule has 27 heavy (non-hydrogen) atoms. The number of carbonyl (C=O) groups is 1. The van der Waals surface area contributed by atoms with E-state index in [0.29, 0.717) is 38.6 Å². The number of aliphatic imine (C=N–C) groups is 1. The van der Waals surface area contributed by atoms with E-state index in [1.807, 2.05) is 16.7 Å². The monoisotopic (exact) mass is 391 g/mol. The van der Waals surface area contributed by atoms with Crippen molar-refractivity contribution in [2.75, 3.05) is 52.4 Å². The molecule has 0 aliphatic carbocycles. The highest BCUT2D eigenvalue weighted by Gasteiger charge is 2.41. The fourth-order valence-electron chi connectivity index (χ4n) is 3.60. The van der Waals surface area contributed by atoms with Crippen molar-refractivity contribution in [2.24, 2.45) is 10.9 Å². The molecule has 0 radical (unpaired) electrons. The summed E-state index contributed by atoms with van der Waals surface area (Å²) in [7, 11) is 0. The second-order valence-corrected chi connectivity index (χ2v) is 7.38. The highest BCUT2D eigenvalue weighted by Crippen LogP contribution is 2.25. The van der Waals surface area contributed by atoms with Crippen LogP contribution in [0.4, 0.5) is 13.2 Å². The van der Waals surface area contributed by atoms with E-state index >= 15 is 0 Å². The zero-order valence-corrected chi connectivity index (χ0v) is 16.6. The van der Waals surface area contributed by atoms with Gasteiger partial charge >= 0.3 is 6.18 Å². The van der Waals surface area contributed by atoms with E-state index in [1.165, 1.54) is 11.8 Å². The standard InChI is InChI=1S/C18H32F3N5O/c1-4-22-17(23-13-16-5-7-25(8-6-16)15(3)27)26-11-9-24(10-12-26)14(2)18(19,20)21/h14,16H,4-13H2,1-3H3,(H,22,23). The lowest BCUT2D eigenvalue weighted by Gasteiger charge is -2.39. The van der Waals surface area contributed by atoms with Gasteiger partial charge in [-0.3, -0.25) is 14.7 Å². The van der Waals surface area contributed by atoms with Gasteiger partial charge in [-0.15, -0.1) is 0 Å². The number of alkyl halides is 3. The van der Waals surface area contributed by atoms with Crippen molar-refractivity contribution in [3.63, 3.8) is 0 Å². The average Bonchev–Trinajstić information content (AvgIpc) is 2.64. The molecular formula is C18H32F3N5O. The van der Waals surface area contributed by atoms with Gasteiger partial charge in [0.1, 0.15) is 6.04 Å². The number of piperidine rings is 1. The summed E-state index contributed by atoms with van der Waals surface area (Å²) in [6.07, 6.45) is -2.30. The minimum absolute atomic E-state index is 0.122. The molecule has 2 saturated heterocycles. The molecule has 1 unspecified atom stereocenters. The van der Waals surface area contributed by atoms with Crippen molar-refractivity contribution in [3.8, 4) is 0 Å². The van der Waals surface area contributed by atoms with Crippen LogP contribution in [-0.4, -0.2) is 91.1 Å². The lowest BCUT2D eigenvalue weighted by molar-refractivity contribution is -0.181. The average molecular weight is 391 g/mol. The summed E-state index contributed by atoms with van der Waals surface area (Å²) >= 11 is 0. The van der Waals surface area contributed by atoms with Gasteiger partial charge in [-0.1, -0.05) is 0 Å². The molecule has 1 N–H and O–H groups in total. The number of hydrogen-bond donors (Lipinski definition) is 1. The molecule has 2 aliphatic heterocycles. The van der Waals surface area contributed by atoms with E-state index in [4.69, 9.17) is 4.99 Å². The maximum atomic E-state index is 12.9. The van der Waals surface area contributed by atoms with Crippen LogP contribution in [-0.2, 0) is 4.79 Å². The van der Waals surface area contributed by atoms with Gasteiger partial charge in [0, 0.05) is 59.3 Å². The maximum Gasteiger partial charge on any atom is 0.403 e. The Bertz CT molecular complexity index is 510. The number of nitrogens with one attached hydrogen (secondary N) is 1. The Labute approximate surface area is 159 Å². The Hall–Kier alpha value is -1.51. The predicted molar refractivity (Wildman–Crippen MR) is 99.6 cm³/mol. The Morgan fingerprint density at radius 1 is 1.11 bits per heavy atom. The Balaban J connectivity index is 1.86. The van der Waals surface area contributed by atoms with Gasteiger partial charge in [0.25, 0.3) is 0 Å². The predicted octanol–water partition coefficient (Wildman–Crippen LogP) is 1.78. The largest absolute Gasteiger partial charge is 0.403 e. The molecule has 1 atom stereocenters. The minimum atomic E-state index is -4.19. The van der Waals surface area contributed by atoms with Crippen LogP contribution in [0.3, 0.4) is 0 Å². The van der Waals surface area contributed by atoms with Gasteiger partial charge in [-0.2, -0.15) is 13.2 Å². The number of guanidine groups is 1. The van der Waals surface area contributed by atoms with Gasteiger partial charge in [0.2, 0.25) is 5.91 Å². The molecule has 156 valence electrons. The molecule has 0 spiro atoms. The van der Waals surface area contributed by atoms with Crippen molar-refractivity contribution < 1.29 is 18.0 Å². The van der Waals surface area contributed by atoms with Gasteiger partial charge in [-0.25, -0.2) is 0 Å². The molecule has 6 nitrogen and oxygen atoms in total. The van der Waals surface area contributed by atoms with E-state index in [9.17, 15) is 18.0 Å². The second-order valence-electron chi connectivity index (χ2n) is 7.38. The Morgan fingerprint density at radius 3 is 2.19 bits per heavy atom. The number of amides is 1. The number of hydrogen-bond acceptors (Lipinski definition) is 3.